The smallest absolute Gasteiger partial charge is 0.146 e. The van der Waals surface area contributed by atoms with Crippen LogP contribution in [0.4, 0.5) is 15.8 Å². The maximum absolute atomic E-state index is 14.8. The van der Waals surface area contributed by atoms with E-state index in [0.29, 0.717) is 5.69 Å². The predicted octanol–water partition coefficient (Wildman–Crippen LogP) is 7.72. The second-order valence-electron chi connectivity index (χ2n) is 8.81. The van der Waals surface area contributed by atoms with Crippen molar-refractivity contribution in [1.29, 1.82) is 0 Å². The van der Waals surface area contributed by atoms with Crippen molar-refractivity contribution >= 4 is 38.8 Å². The highest BCUT2D eigenvalue weighted by molar-refractivity contribution is 6.08. The zero-order valence-electron chi connectivity index (χ0n) is 17.9. The predicted molar refractivity (Wildman–Crippen MR) is 134 cm³/mol. The average Bonchev–Trinajstić information content (AvgIpc) is 3.39. The maximum Gasteiger partial charge on any atom is 0.146 e. The van der Waals surface area contributed by atoms with Gasteiger partial charge in [0.15, 0.2) is 0 Å². The number of anilines is 2. The molecule has 2 aliphatic rings. The Kier molecular flexibility index (Phi) is 3.88. The van der Waals surface area contributed by atoms with E-state index in [9.17, 15) is 4.39 Å². The number of allylic oxidation sites excluding steroid dienone is 2. The largest absolute Gasteiger partial charge is 0.355 e. The molecule has 2 heterocycles. The Morgan fingerprint density at radius 3 is 2.39 bits per heavy atom. The third kappa shape index (κ3) is 2.72. The number of aromatic nitrogens is 1. The Morgan fingerprint density at radius 2 is 1.48 bits per heavy atom. The minimum absolute atomic E-state index is 0.0554. The summed E-state index contributed by atoms with van der Waals surface area (Å²) in [5.41, 5.74) is 7.64. The number of benzene rings is 4. The summed E-state index contributed by atoms with van der Waals surface area (Å²) >= 11 is 0. The molecule has 33 heavy (non-hydrogen) atoms. The van der Waals surface area contributed by atoms with Crippen molar-refractivity contribution in [2.75, 3.05) is 4.90 Å². The monoisotopic (exact) mass is 428 g/mol. The van der Waals surface area contributed by atoms with E-state index < -0.39 is 0 Å². The average molecular weight is 429 g/mol. The van der Waals surface area contributed by atoms with Gasteiger partial charge in [0, 0.05) is 33.4 Å². The number of aromatic amines is 1. The van der Waals surface area contributed by atoms with Gasteiger partial charge in [-0.1, -0.05) is 72.8 Å². The van der Waals surface area contributed by atoms with Crippen LogP contribution in [0.1, 0.15) is 17.0 Å². The van der Waals surface area contributed by atoms with Gasteiger partial charge in [0.25, 0.3) is 0 Å². The highest BCUT2D eigenvalue weighted by Gasteiger charge is 2.39. The molecule has 0 fully saturated rings. The quantitative estimate of drug-likeness (QED) is 0.305. The summed E-state index contributed by atoms with van der Waals surface area (Å²) < 4.78 is 14.8. The summed E-state index contributed by atoms with van der Waals surface area (Å²) in [6.45, 7) is 0. The third-order valence-electron chi connectivity index (χ3n) is 7.01. The number of hydrogen-bond donors (Lipinski definition) is 1. The van der Waals surface area contributed by atoms with Crippen LogP contribution in [0.25, 0.3) is 27.4 Å². The second-order valence-corrected chi connectivity index (χ2v) is 8.81. The highest BCUT2D eigenvalue weighted by Crippen LogP contribution is 2.49. The molecule has 2 unspecified atom stereocenters. The van der Waals surface area contributed by atoms with Crippen LogP contribution in [0, 0.1) is 5.82 Å². The van der Waals surface area contributed by atoms with Crippen LogP contribution in [0.3, 0.4) is 0 Å². The van der Waals surface area contributed by atoms with E-state index in [2.05, 4.69) is 88.8 Å². The number of nitrogens with zero attached hydrogens (tertiary/aromatic N) is 1. The number of halogens is 1. The lowest BCUT2D eigenvalue weighted by atomic mass is 9.86. The molecular weight excluding hydrogens is 407 g/mol. The van der Waals surface area contributed by atoms with E-state index in [1.54, 1.807) is 6.07 Å². The first-order valence-corrected chi connectivity index (χ1v) is 11.3. The number of nitrogens with one attached hydrogen (secondary N) is 1. The number of H-pyrrole nitrogens is 1. The number of hydrogen-bond acceptors (Lipinski definition) is 1. The van der Waals surface area contributed by atoms with Crippen LogP contribution in [0.5, 0.6) is 0 Å². The maximum atomic E-state index is 14.8. The van der Waals surface area contributed by atoms with E-state index in [4.69, 9.17) is 0 Å². The van der Waals surface area contributed by atoms with Crippen molar-refractivity contribution in [1.82, 2.24) is 4.98 Å². The van der Waals surface area contributed by atoms with Crippen LogP contribution < -0.4 is 4.90 Å². The molecule has 0 bridgehead atoms. The Morgan fingerprint density at radius 1 is 0.727 bits per heavy atom. The Labute approximate surface area is 191 Å². The lowest BCUT2D eigenvalue weighted by molar-refractivity contribution is 0.619. The Bertz CT molecular complexity index is 1610. The fourth-order valence-electron chi connectivity index (χ4n) is 5.50. The van der Waals surface area contributed by atoms with E-state index in [0.717, 1.165) is 16.7 Å². The van der Waals surface area contributed by atoms with Crippen LogP contribution in [-0.2, 0) is 0 Å². The molecule has 0 saturated heterocycles. The van der Waals surface area contributed by atoms with Crippen LogP contribution >= 0.6 is 0 Å². The first-order chi connectivity index (χ1) is 16.3. The van der Waals surface area contributed by atoms with Gasteiger partial charge in [-0.05, 0) is 53.1 Å². The fraction of sp³-hybridized carbons (Fsp3) is 0.0667. The molecule has 0 spiro atoms. The summed E-state index contributed by atoms with van der Waals surface area (Å²) in [6, 6.07) is 30.5. The molecule has 158 valence electrons. The van der Waals surface area contributed by atoms with Gasteiger partial charge in [-0.15, -0.1) is 0 Å². The molecule has 0 radical (unpaired) electrons. The van der Waals surface area contributed by atoms with Gasteiger partial charge in [0.05, 0.1) is 11.7 Å². The fourth-order valence-corrected chi connectivity index (χ4v) is 5.50. The summed E-state index contributed by atoms with van der Waals surface area (Å²) in [4.78, 5) is 5.65. The van der Waals surface area contributed by atoms with Gasteiger partial charge < -0.3 is 9.88 Å². The zero-order chi connectivity index (χ0) is 21.9. The molecule has 2 nitrogen and oxygen atoms in total. The summed E-state index contributed by atoms with van der Waals surface area (Å²) in [5, 5.41) is 2.48. The van der Waals surface area contributed by atoms with Gasteiger partial charge in [0.2, 0.25) is 0 Å². The van der Waals surface area contributed by atoms with Crippen molar-refractivity contribution in [2.24, 2.45) is 0 Å². The molecule has 2 atom stereocenters. The topological polar surface area (TPSA) is 19.0 Å². The molecule has 1 aliphatic carbocycles. The molecule has 3 heteroatoms. The van der Waals surface area contributed by atoms with E-state index in [1.165, 1.54) is 33.5 Å². The van der Waals surface area contributed by atoms with Gasteiger partial charge >= 0.3 is 0 Å². The SMILES string of the molecule is Fc1ccccc1N1c2ccccc2C2C=C(c3ccc4[nH]c5ccccc5c4c3)C=CC21. The standard InChI is InChI=1S/C30H21FN2/c31-25-9-3-6-12-30(25)33-28-11-5-2-8-22(28)24-18-20(14-16-29(24)33)19-13-15-27-23(17-19)21-7-1-4-10-26(21)32-27/h1-18,24,29,32H. The van der Waals surface area contributed by atoms with Gasteiger partial charge in [-0.2, -0.15) is 0 Å². The summed E-state index contributed by atoms with van der Waals surface area (Å²) in [7, 11) is 0. The normalized spacial score (nSPS) is 19.1. The first-order valence-electron chi connectivity index (χ1n) is 11.3. The third-order valence-corrected chi connectivity index (χ3v) is 7.01. The first kappa shape index (κ1) is 18.5. The number of para-hydroxylation sites is 3. The van der Waals surface area contributed by atoms with Crippen molar-refractivity contribution in [3.8, 4) is 0 Å². The van der Waals surface area contributed by atoms with Gasteiger partial charge in [-0.25, -0.2) is 4.39 Å². The van der Waals surface area contributed by atoms with Crippen molar-refractivity contribution < 1.29 is 4.39 Å². The van der Waals surface area contributed by atoms with E-state index in [-0.39, 0.29) is 17.8 Å². The minimum Gasteiger partial charge on any atom is -0.355 e. The molecule has 5 aromatic rings. The van der Waals surface area contributed by atoms with Crippen molar-refractivity contribution in [3.05, 3.63) is 126 Å². The minimum atomic E-state index is -0.194. The summed E-state index contributed by atoms with van der Waals surface area (Å²) in [5.74, 6) is -0.0274. The van der Waals surface area contributed by atoms with Gasteiger partial charge in [-0.3, -0.25) is 0 Å². The van der Waals surface area contributed by atoms with Crippen molar-refractivity contribution in [3.63, 3.8) is 0 Å². The van der Waals surface area contributed by atoms with E-state index in [1.807, 2.05) is 18.2 Å². The van der Waals surface area contributed by atoms with Crippen LogP contribution in [-0.4, -0.2) is 11.0 Å². The van der Waals surface area contributed by atoms with Gasteiger partial charge in [0.1, 0.15) is 5.82 Å². The van der Waals surface area contributed by atoms with E-state index >= 15 is 0 Å². The molecule has 1 N–H and O–H groups in total. The second kappa shape index (κ2) is 6.94. The zero-order valence-corrected chi connectivity index (χ0v) is 17.9. The number of fused-ring (bicyclic) bond motifs is 6. The molecule has 1 aliphatic heterocycles. The lowest BCUT2D eigenvalue weighted by Crippen LogP contribution is -2.29. The lowest BCUT2D eigenvalue weighted by Gasteiger charge is -2.30. The highest BCUT2D eigenvalue weighted by atomic mass is 19.1. The van der Waals surface area contributed by atoms with Crippen LogP contribution in [0.15, 0.2) is 109 Å². The van der Waals surface area contributed by atoms with Crippen molar-refractivity contribution in [2.45, 2.75) is 12.0 Å². The molecule has 4 aromatic carbocycles. The van der Waals surface area contributed by atoms with Crippen LogP contribution in [0.2, 0.25) is 0 Å². The molecule has 1 aromatic heterocycles. The molecular formula is C30H21FN2. The molecule has 0 saturated carbocycles. The number of rotatable bonds is 2. The Balaban J connectivity index is 1.35. The molecule has 7 rings (SSSR count). The Hall–Kier alpha value is -4.11. The molecule has 0 amide bonds. The summed E-state index contributed by atoms with van der Waals surface area (Å²) in [6.07, 6.45) is 6.77.